The molecule has 2 aromatic carbocycles. The first-order valence-electron chi connectivity index (χ1n) is 9.37. The number of benzene rings is 2. The number of halogens is 1. The molecule has 31 heavy (non-hydrogen) atoms. The minimum absolute atomic E-state index is 0.0222. The molecule has 0 radical (unpaired) electrons. The van der Waals surface area contributed by atoms with E-state index in [0.29, 0.717) is 16.8 Å². The summed E-state index contributed by atoms with van der Waals surface area (Å²) >= 11 is 3.38. The first-order valence-corrected chi connectivity index (χ1v) is 10.2. The zero-order valence-corrected chi connectivity index (χ0v) is 18.1. The summed E-state index contributed by atoms with van der Waals surface area (Å²) in [5, 5.41) is 5.29. The van der Waals surface area contributed by atoms with E-state index in [0.717, 1.165) is 4.47 Å². The van der Waals surface area contributed by atoms with Crippen LogP contribution in [0.1, 0.15) is 33.4 Å². The van der Waals surface area contributed by atoms with Crippen molar-refractivity contribution in [1.82, 2.24) is 5.32 Å². The van der Waals surface area contributed by atoms with E-state index in [-0.39, 0.29) is 18.1 Å². The van der Waals surface area contributed by atoms with Gasteiger partial charge in [-0.05, 0) is 67.1 Å². The van der Waals surface area contributed by atoms with Crippen LogP contribution in [0.2, 0.25) is 0 Å². The minimum atomic E-state index is -0.556. The average molecular weight is 483 g/mol. The van der Waals surface area contributed by atoms with Gasteiger partial charge in [0.05, 0.1) is 18.4 Å². The van der Waals surface area contributed by atoms with Crippen LogP contribution in [0.15, 0.2) is 81.5 Å². The lowest BCUT2D eigenvalue weighted by Gasteiger charge is -2.11. The third-order valence-corrected chi connectivity index (χ3v) is 4.54. The highest BCUT2D eigenvalue weighted by Crippen LogP contribution is 2.16. The van der Waals surface area contributed by atoms with Crippen LogP contribution in [-0.2, 0) is 9.53 Å². The molecule has 2 N–H and O–H groups in total. The molecule has 3 rings (SSSR count). The van der Waals surface area contributed by atoms with Gasteiger partial charge in [-0.2, -0.15) is 0 Å². The predicted molar refractivity (Wildman–Crippen MR) is 119 cm³/mol. The Hall–Kier alpha value is -3.65. The van der Waals surface area contributed by atoms with E-state index < -0.39 is 17.8 Å². The first kappa shape index (κ1) is 22.0. The van der Waals surface area contributed by atoms with Gasteiger partial charge in [-0.25, -0.2) is 4.79 Å². The zero-order chi connectivity index (χ0) is 22.2. The van der Waals surface area contributed by atoms with Gasteiger partial charge in [0.15, 0.2) is 5.76 Å². The van der Waals surface area contributed by atoms with Crippen LogP contribution in [-0.4, -0.2) is 24.4 Å². The topological polar surface area (TPSA) is 97.6 Å². The Labute approximate surface area is 187 Å². The van der Waals surface area contributed by atoms with E-state index in [1.165, 1.54) is 12.3 Å². The SMILES string of the molecule is CCOC(=O)c1ccc(NC(=O)C(=Cc2cccc(Br)c2)NC(=O)c2ccco2)cc1. The maximum Gasteiger partial charge on any atom is 0.338 e. The second-order valence-corrected chi connectivity index (χ2v) is 7.21. The van der Waals surface area contributed by atoms with Gasteiger partial charge in [0, 0.05) is 10.2 Å². The number of hydrogen-bond donors (Lipinski definition) is 2. The quantitative estimate of drug-likeness (QED) is 0.377. The Balaban J connectivity index is 1.81. The number of amides is 2. The fourth-order valence-corrected chi connectivity index (χ4v) is 3.03. The molecule has 0 aliphatic carbocycles. The van der Waals surface area contributed by atoms with Crippen molar-refractivity contribution in [2.75, 3.05) is 11.9 Å². The van der Waals surface area contributed by atoms with Crippen LogP contribution in [0.3, 0.4) is 0 Å². The van der Waals surface area contributed by atoms with E-state index in [1.54, 1.807) is 55.5 Å². The third kappa shape index (κ3) is 6.16. The summed E-state index contributed by atoms with van der Waals surface area (Å²) in [5.74, 6) is -1.46. The summed E-state index contributed by atoms with van der Waals surface area (Å²) in [5.41, 5.74) is 1.55. The molecule has 0 aliphatic heterocycles. The van der Waals surface area contributed by atoms with Crippen LogP contribution in [0, 0.1) is 0 Å². The molecule has 3 aromatic rings. The highest BCUT2D eigenvalue weighted by Gasteiger charge is 2.17. The molecule has 0 aliphatic rings. The second-order valence-electron chi connectivity index (χ2n) is 6.30. The van der Waals surface area contributed by atoms with E-state index in [2.05, 4.69) is 26.6 Å². The van der Waals surface area contributed by atoms with Crippen molar-refractivity contribution in [3.05, 3.63) is 94.0 Å². The maximum atomic E-state index is 12.9. The standard InChI is InChI=1S/C23H19BrN2O5/c1-2-30-23(29)16-8-10-18(11-9-16)25-21(27)19(14-15-5-3-6-17(24)13-15)26-22(28)20-7-4-12-31-20/h3-14H,2H2,1H3,(H,25,27)(H,26,28). The van der Waals surface area contributed by atoms with Crippen molar-refractivity contribution in [1.29, 1.82) is 0 Å². The number of carbonyl (C=O) groups excluding carboxylic acids is 3. The molecule has 0 atom stereocenters. The molecule has 8 heteroatoms. The van der Waals surface area contributed by atoms with Crippen molar-refractivity contribution in [3.63, 3.8) is 0 Å². The fourth-order valence-electron chi connectivity index (χ4n) is 2.62. The summed E-state index contributed by atoms with van der Waals surface area (Å²) in [4.78, 5) is 37.1. The van der Waals surface area contributed by atoms with E-state index in [1.807, 2.05) is 12.1 Å². The van der Waals surface area contributed by atoms with Crippen LogP contribution in [0.4, 0.5) is 5.69 Å². The van der Waals surface area contributed by atoms with Gasteiger partial charge in [0.1, 0.15) is 5.70 Å². The largest absolute Gasteiger partial charge is 0.462 e. The number of nitrogens with one attached hydrogen (secondary N) is 2. The summed E-state index contributed by atoms with van der Waals surface area (Å²) in [7, 11) is 0. The molecule has 2 amide bonds. The molecule has 0 fully saturated rings. The first-order chi connectivity index (χ1) is 15.0. The number of carbonyl (C=O) groups is 3. The molecule has 0 unspecified atom stereocenters. The minimum Gasteiger partial charge on any atom is -0.462 e. The van der Waals surface area contributed by atoms with Gasteiger partial charge in [-0.15, -0.1) is 0 Å². The van der Waals surface area contributed by atoms with Crippen molar-refractivity contribution in [2.24, 2.45) is 0 Å². The zero-order valence-electron chi connectivity index (χ0n) is 16.6. The van der Waals surface area contributed by atoms with Gasteiger partial charge in [-0.1, -0.05) is 28.1 Å². The highest BCUT2D eigenvalue weighted by molar-refractivity contribution is 9.10. The summed E-state index contributed by atoms with van der Waals surface area (Å²) in [6.07, 6.45) is 2.92. The Kier molecular flexibility index (Phi) is 7.40. The lowest BCUT2D eigenvalue weighted by Crippen LogP contribution is -2.30. The molecule has 0 bridgehead atoms. The number of esters is 1. The average Bonchev–Trinajstić information content (AvgIpc) is 3.29. The predicted octanol–water partition coefficient (Wildman–Crippen LogP) is 4.63. The van der Waals surface area contributed by atoms with Gasteiger partial charge in [-0.3, -0.25) is 9.59 Å². The van der Waals surface area contributed by atoms with Crippen molar-refractivity contribution >= 4 is 45.5 Å². The molecule has 1 heterocycles. The molecule has 0 spiro atoms. The number of hydrogen-bond acceptors (Lipinski definition) is 5. The van der Waals surface area contributed by atoms with Gasteiger partial charge in [0.25, 0.3) is 11.8 Å². The highest BCUT2D eigenvalue weighted by atomic mass is 79.9. The van der Waals surface area contributed by atoms with E-state index in [9.17, 15) is 14.4 Å². The maximum absolute atomic E-state index is 12.9. The lowest BCUT2D eigenvalue weighted by molar-refractivity contribution is -0.113. The normalized spacial score (nSPS) is 11.0. The molecule has 0 saturated carbocycles. The molecule has 1 aromatic heterocycles. The number of anilines is 1. The van der Waals surface area contributed by atoms with E-state index >= 15 is 0 Å². The molecule has 158 valence electrons. The van der Waals surface area contributed by atoms with Crippen LogP contribution < -0.4 is 10.6 Å². The van der Waals surface area contributed by atoms with Gasteiger partial charge >= 0.3 is 5.97 Å². The van der Waals surface area contributed by atoms with Crippen LogP contribution in [0.5, 0.6) is 0 Å². The van der Waals surface area contributed by atoms with Crippen molar-refractivity contribution < 1.29 is 23.5 Å². The molecular weight excluding hydrogens is 464 g/mol. The Morgan fingerprint density at radius 2 is 1.84 bits per heavy atom. The van der Waals surface area contributed by atoms with Crippen molar-refractivity contribution in [2.45, 2.75) is 6.92 Å². The van der Waals surface area contributed by atoms with Crippen LogP contribution >= 0.6 is 15.9 Å². The fraction of sp³-hybridized carbons (Fsp3) is 0.0870. The molecule has 0 saturated heterocycles. The Bertz CT molecular complexity index is 1110. The number of furan rings is 1. The summed E-state index contributed by atoms with van der Waals surface area (Å²) in [6.45, 7) is 2.00. The summed E-state index contributed by atoms with van der Waals surface area (Å²) in [6, 6.07) is 16.6. The number of ether oxygens (including phenoxy) is 1. The third-order valence-electron chi connectivity index (χ3n) is 4.05. The Morgan fingerprint density at radius 3 is 2.48 bits per heavy atom. The van der Waals surface area contributed by atoms with E-state index in [4.69, 9.17) is 9.15 Å². The van der Waals surface area contributed by atoms with Gasteiger partial charge < -0.3 is 19.8 Å². The molecular formula is C23H19BrN2O5. The van der Waals surface area contributed by atoms with Crippen molar-refractivity contribution in [3.8, 4) is 0 Å². The monoisotopic (exact) mass is 482 g/mol. The van der Waals surface area contributed by atoms with Crippen LogP contribution in [0.25, 0.3) is 6.08 Å². The Morgan fingerprint density at radius 1 is 1.06 bits per heavy atom. The van der Waals surface area contributed by atoms with Gasteiger partial charge in [0.2, 0.25) is 0 Å². The molecule has 7 nitrogen and oxygen atoms in total. The second kappa shape index (κ2) is 10.4. The lowest BCUT2D eigenvalue weighted by atomic mass is 10.1. The smallest absolute Gasteiger partial charge is 0.338 e. The summed E-state index contributed by atoms with van der Waals surface area (Å²) < 4.78 is 10.9. The number of rotatable bonds is 7.